The van der Waals surface area contributed by atoms with Crippen molar-refractivity contribution in [2.75, 3.05) is 11.1 Å². The van der Waals surface area contributed by atoms with E-state index in [-0.39, 0.29) is 30.7 Å². The number of benzene rings is 3. The van der Waals surface area contributed by atoms with Crippen LogP contribution in [0.2, 0.25) is 0 Å². The van der Waals surface area contributed by atoms with Gasteiger partial charge in [0.1, 0.15) is 12.4 Å². The van der Waals surface area contributed by atoms with Crippen LogP contribution in [0.15, 0.2) is 83.8 Å². The lowest BCUT2D eigenvalue weighted by Gasteiger charge is -2.07. The third-order valence-corrected chi connectivity index (χ3v) is 5.05. The van der Waals surface area contributed by atoms with Gasteiger partial charge in [-0.05, 0) is 54.1 Å². The van der Waals surface area contributed by atoms with Gasteiger partial charge < -0.3 is 10.1 Å². The molecule has 0 saturated carbocycles. The standard InChI is InChI=1S/C23H20FNO3S/c24-19-10-12-21(13-11-19)29-15-14-22(26)28-16-17-6-8-18(9-7-17)23(27)25-20-4-2-1-3-5-20/h1-13H,14-16H2,(H,25,27). The van der Waals surface area contributed by atoms with Crippen LogP contribution in [-0.4, -0.2) is 17.6 Å². The van der Waals surface area contributed by atoms with Crippen molar-refractivity contribution in [1.29, 1.82) is 0 Å². The number of hydrogen-bond acceptors (Lipinski definition) is 4. The van der Waals surface area contributed by atoms with E-state index < -0.39 is 0 Å². The van der Waals surface area contributed by atoms with E-state index in [1.54, 1.807) is 36.4 Å². The van der Waals surface area contributed by atoms with Crippen molar-refractivity contribution in [3.63, 3.8) is 0 Å². The Labute approximate surface area is 173 Å². The summed E-state index contributed by atoms with van der Waals surface area (Å²) in [4.78, 5) is 25.0. The minimum Gasteiger partial charge on any atom is -0.461 e. The van der Waals surface area contributed by atoms with Crippen LogP contribution in [0.4, 0.5) is 10.1 Å². The number of ether oxygens (including phenoxy) is 1. The summed E-state index contributed by atoms with van der Waals surface area (Å²) in [6, 6.07) is 22.3. The summed E-state index contributed by atoms with van der Waals surface area (Å²) in [6.07, 6.45) is 0.264. The number of rotatable bonds is 8. The van der Waals surface area contributed by atoms with Crippen molar-refractivity contribution < 1.29 is 18.7 Å². The molecule has 0 radical (unpaired) electrons. The summed E-state index contributed by atoms with van der Waals surface area (Å²) in [5.74, 6) is -0.219. The molecule has 0 atom stereocenters. The molecule has 148 valence electrons. The first-order valence-electron chi connectivity index (χ1n) is 9.09. The highest BCUT2D eigenvalue weighted by Gasteiger charge is 2.08. The van der Waals surface area contributed by atoms with Gasteiger partial charge in [-0.25, -0.2) is 4.39 Å². The monoisotopic (exact) mass is 409 g/mol. The second-order valence-corrected chi connectivity index (χ2v) is 7.40. The Bertz CT molecular complexity index is 944. The van der Waals surface area contributed by atoms with Crippen LogP contribution in [0.25, 0.3) is 0 Å². The Hall–Kier alpha value is -3.12. The van der Waals surface area contributed by atoms with Crippen LogP contribution in [0.3, 0.4) is 0 Å². The van der Waals surface area contributed by atoms with Gasteiger partial charge in [0.15, 0.2) is 0 Å². The Kier molecular flexibility index (Phi) is 7.41. The number of thioether (sulfide) groups is 1. The van der Waals surface area contributed by atoms with E-state index >= 15 is 0 Å². The van der Waals surface area contributed by atoms with Crippen LogP contribution < -0.4 is 5.32 Å². The molecule has 3 aromatic rings. The highest BCUT2D eigenvalue weighted by atomic mass is 32.2. The average molecular weight is 409 g/mol. The fourth-order valence-electron chi connectivity index (χ4n) is 2.50. The molecule has 0 bridgehead atoms. The number of carbonyl (C=O) groups excluding carboxylic acids is 2. The van der Waals surface area contributed by atoms with Crippen LogP contribution >= 0.6 is 11.8 Å². The van der Waals surface area contributed by atoms with Gasteiger partial charge in [-0.15, -0.1) is 11.8 Å². The van der Waals surface area contributed by atoms with Gasteiger partial charge in [0.2, 0.25) is 0 Å². The molecule has 0 aromatic heterocycles. The second kappa shape index (κ2) is 10.4. The van der Waals surface area contributed by atoms with E-state index in [1.807, 2.05) is 30.3 Å². The number of anilines is 1. The highest BCUT2D eigenvalue weighted by Crippen LogP contribution is 2.19. The number of halogens is 1. The molecule has 6 heteroatoms. The third-order valence-electron chi connectivity index (χ3n) is 4.04. The van der Waals surface area contributed by atoms with Crippen molar-refractivity contribution in [3.05, 3.63) is 95.8 Å². The zero-order chi connectivity index (χ0) is 20.5. The number of amides is 1. The first kappa shape index (κ1) is 20.6. The molecule has 0 aliphatic rings. The first-order valence-corrected chi connectivity index (χ1v) is 10.1. The summed E-state index contributed by atoms with van der Waals surface area (Å²) < 4.78 is 18.1. The minimum atomic E-state index is -0.300. The van der Waals surface area contributed by atoms with E-state index in [1.165, 1.54) is 23.9 Å². The van der Waals surface area contributed by atoms with E-state index in [4.69, 9.17) is 4.74 Å². The van der Waals surface area contributed by atoms with Crippen molar-refractivity contribution in [2.45, 2.75) is 17.9 Å². The number of para-hydroxylation sites is 1. The van der Waals surface area contributed by atoms with Gasteiger partial charge in [0.25, 0.3) is 5.91 Å². The predicted molar refractivity (Wildman–Crippen MR) is 112 cm³/mol. The van der Waals surface area contributed by atoms with Crippen molar-refractivity contribution in [2.24, 2.45) is 0 Å². The van der Waals surface area contributed by atoms with Gasteiger partial charge >= 0.3 is 5.97 Å². The number of hydrogen-bond donors (Lipinski definition) is 1. The predicted octanol–water partition coefficient (Wildman–Crippen LogP) is 5.30. The van der Waals surface area contributed by atoms with Gasteiger partial charge in [-0.3, -0.25) is 9.59 Å². The molecule has 0 spiro atoms. The Morgan fingerprint density at radius 2 is 1.59 bits per heavy atom. The zero-order valence-electron chi connectivity index (χ0n) is 15.6. The van der Waals surface area contributed by atoms with Gasteiger partial charge in [-0.2, -0.15) is 0 Å². The van der Waals surface area contributed by atoms with E-state index in [9.17, 15) is 14.0 Å². The average Bonchev–Trinajstić information content (AvgIpc) is 2.75. The fourth-order valence-corrected chi connectivity index (χ4v) is 3.33. The van der Waals surface area contributed by atoms with Crippen LogP contribution in [0.5, 0.6) is 0 Å². The Morgan fingerprint density at radius 3 is 2.28 bits per heavy atom. The molecule has 4 nitrogen and oxygen atoms in total. The zero-order valence-corrected chi connectivity index (χ0v) is 16.5. The first-order chi connectivity index (χ1) is 14.1. The summed E-state index contributed by atoms with van der Waals surface area (Å²) in [5.41, 5.74) is 2.06. The molecular formula is C23H20FNO3S. The van der Waals surface area contributed by atoms with E-state index in [2.05, 4.69) is 5.32 Å². The highest BCUT2D eigenvalue weighted by molar-refractivity contribution is 7.99. The lowest BCUT2D eigenvalue weighted by atomic mass is 10.1. The van der Waals surface area contributed by atoms with Crippen molar-refractivity contribution in [1.82, 2.24) is 0 Å². The minimum absolute atomic E-state index is 0.153. The SMILES string of the molecule is O=C(CCSc1ccc(F)cc1)OCc1ccc(C(=O)Nc2ccccc2)cc1. The summed E-state index contributed by atoms with van der Waals surface area (Å²) in [7, 11) is 0. The van der Waals surface area contributed by atoms with E-state index in [0.717, 1.165) is 16.1 Å². The number of esters is 1. The third kappa shape index (κ3) is 6.76. The van der Waals surface area contributed by atoms with Gasteiger partial charge in [-0.1, -0.05) is 30.3 Å². The summed E-state index contributed by atoms with van der Waals surface area (Å²) in [6.45, 7) is 0.153. The van der Waals surface area contributed by atoms with Crippen LogP contribution in [0, 0.1) is 5.82 Å². The maximum atomic E-state index is 12.9. The quantitative estimate of drug-likeness (QED) is 0.405. The van der Waals surface area contributed by atoms with Crippen molar-refractivity contribution >= 4 is 29.3 Å². The molecule has 0 aliphatic carbocycles. The Balaban J connectivity index is 1.40. The second-order valence-electron chi connectivity index (χ2n) is 6.23. The molecule has 0 unspecified atom stereocenters. The molecular weight excluding hydrogens is 389 g/mol. The summed E-state index contributed by atoms with van der Waals surface area (Å²) >= 11 is 1.47. The maximum Gasteiger partial charge on any atom is 0.306 e. The van der Waals surface area contributed by atoms with E-state index in [0.29, 0.717) is 11.3 Å². The van der Waals surface area contributed by atoms with Gasteiger partial charge in [0.05, 0.1) is 6.42 Å². The molecule has 3 aromatic carbocycles. The molecule has 1 amide bonds. The molecule has 0 aliphatic heterocycles. The molecule has 0 heterocycles. The number of carbonyl (C=O) groups is 2. The molecule has 0 fully saturated rings. The smallest absolute Gasteiger partial charge is 0.306 e. The van der Waals surface area contributed by atoms with Crippen LogP contribution in [-0.2, 0) is 16.1 Å². The molecule has 0 saturated heterocycles. The normalized spacial score (nSPS) is 10.4. The lowest BCUT2D eigenvalue weighted by Crippen LogP contribution is -2.12. The summed E-state index contributed by atoms with van der Waals surface area (Å²) in [5, 5.41) is 2.82. The largest absolute Gasteiger partial charge is 0.461 e. The lowest BCUT2D eigenvalue weighted by molar-refractivity contribution is -0.144. The van der Waals surface area contributed by atoms with Gasteiger partial charge in [0, 0.05) is 21.9 Å². The molecule has 29 heavy (non-hydrogen) atoms. The molecule has 3 rings (SSSR count). The van der Waals surface area contributed by atoms with Crippen LogP contribution in [0.1, 0.15) is 22.3 Å². The van der Waals surface area contributed by atoms with Crippen molar-refractivity contribution in [3.8, 4) is 0 Å². The Morgan fingerprint density at radius 1 is 0.897 bits per heavy atom. The topological polar surface area (TPSA) is 55.4 Å². The molecule has 1 N–H and O–H groups in total. The number of nitrogens with one attached hydrogen (secondary N) is 1. The maximum absolute atomic E-state index is 12.9. The fraction of sp³-hybridized carbons (Fsp3) is 0.130.